The summed E-state index contributed by atoms with van der Waals surface area (Å²) in [6.07, 6.45) is 1.66. The van der Waals surface area contributed by atoms with Gasteiger partial charge in [0, 0.05) is 12.7 Å². The number of hydrogen-bond donors (Lipinski definition) is 0. The minimum absolute atomic E-state index is 0.310. The normalized spacial score (nSPS) is 10.5. The summed E-state index contributed by atoms with van der Waals surface area (Å²) in [5.41, 5.74) is 0.940. The van der Waals surface area contributed by atoms with Gasteiger partial charge in [-0.3, -0.25) is 0 Å². The van der Waals surface area contributed by atoms with Crippen LogP contribution >= 0.6 is 11.6 Å². The lowest BCUT2D eigenvalue weighted by atomic mass is 10.4. The number of halogens is 1. The Hall–Kier alpha value is -0.670. The lowest BCUT2D eigenvalue weighted by molar-refractivity contribution is 0.396. The SMILES string of the molecule is CN(C)Cc1ccnc(Cl)n1. The van der Waals surface area contributed by atoms with Gasteiger partial charge in [-0.15, -0.1) is 0 Å². The number of rotatable bonds is 2. The molecule has 0 fully saturated rings. The van der Waals surface area contributed by atoms with Crippen molar-refractivity contribution in [3.63, 3.8) is 0 Å². The van der Waals surface area contributed by atoms with E-state index in [-0.39, 0.29) is 0 Å². The monoisotopic (exact) mass is 171 g/mol. The molecule has 0 aromatic carbocycles. The number of aromatic nitrogens is 2. The second-order valence-electron chi connectivity index (χ2n) is 2.55. The van der Waals surface area contributed by atoms with E-state index in [1.807, 2.05) is 25.1 Å². The fraction of sp³-hybridized carbons (Fsp3) is 0.429. The first kappa shape index (κ1) is 8.43. The van der Waals surface area contributed by atoms with Gasteiger partial charge in [0.15, 0.2) is 0 Å². The van der Waals surface area contributed by atoms with E-state index in [9.17, 15) is 0 Å². The molecule has 1 aromatic heterocycles. The Morgan fingerprint density at radius 1 is 1.55 bits per heavy atom. The van der Waals surface area contributed by atoms with E-state index < -0.39 is 0 Å². The van der Waals surface area contributed by atoms with Crippen molar-refractivity contribution in [2.75, 3.05) is 14.1 Å². The lowest BCUT2D eigenvalue weighted by Crippen LogP contribution is -2.11. The molecule has 0 saturated heterocycles. The molecule has 0 aliphatic carbocycles. The molecular formula is C7H10ClN3. The van der Waals surface area contributed by atoms with Gasteiger partial charge in [-0.25, -0.2) is 9.97 Å². The van der Waals surface area contributed by atoms with Crippen LogP contribution in [0.3, 0.4) is 0 Å². The summed E-state index contributed by atoms with van der Waals surface area (Å²) in [6, 6.07) is 1.85. The second-order valence-corrected chi connectivity index (χ2v) is 2.89. The zero-order valence-electron chi connectivity index (χ0n) is 6.58. The Balaban J connectivity index is 2.71. The van der Waals surface area contributed by atoms with Gasteiger partial charge in [-0.2, -0.15) is 0 Å². The summed E-state index contributed by atoms with van der Waals surface area (Å²) in [6.45, 7) is 0.794. The molecular weight excluding hydrogens is 162 g/mol. The van der Waals surface area contributed by atoms with Crippen molar-refractivity contribution in [3.05, 3.63) is 23.2 Å². The van der Waals surface area contributed by atoms with E-state index in [2.05, 4.69) is 9.97 Å². The van der Waals surface area contributed by atoms with Crippen molar-refractivity contribution in [2.45, 2.75) is 6.54 Å². The molecule has 1 rings (SSSR count). The maximum absolute atomic E-state index is 5.59. The number of nitrogens with zero attached hydrogens (tertiary/aromatic N) is 3. The van der Waals surface area contributed by atoms with Crippen LogP contribution in [0.4, 0.5) is 0 Å². The highest BCUT2D eigenvalue weighted by atomic mass is 35.5. The van der Waals surface area contributed by atoms with Crippen LogP contribution in [0, 0.1) is 0 Å². The van der Waals surface area contributed by atoms with Crippen LogP contribution in [-0.4, -0.2) is 29.0 Å². The standard InChI is InChI=1S/C7H10ClN3/c1-11(2)5-6-3-4-9-7(8)10-6/h3-4H,5H2,1-2H3. The van der Waals surface area contributed by atoms with Gasteiger partial charge >= 0.3 is 0 Å². The Labute approximate surface area is 71.0 Å². The zero-order valence-corrected chi connectivity index (χ0v) is 7.34. The molecule has 0 spiro atoms. The maximum Gasteiger partial charge on any atom is 0.222 e. The molecule has 0 amide bonds. The highest BCUT2D eigenvalue weighted by Crippen LogP contribution is 2.01. The highest BCUT2D eigenvalue weighted by molar-refractivity contribution is 6.28. The van der Waals surface area contributed by atoms with Gasteiger partial charge < -0.3 is 4.90 Å². The molecule has 11 heavy (non-hydrogen) atoms. The fourth-order valence-corrected chi connectivity index (χ4v) is 0.946. The quantitative estimate of drug-likeness (QED) is 0.626. The minimum atomic E-state index is 0.310. The maximum atomic E-state index is 5.59. The molecule has 0 radical (unpaired) electrons. The van der Waals surface area contributed by atoms with Crippen molar-refractivity contribution in [3.8, 4) is 0 Å². The van der Waals surface area contributed by atoms with Gasteiger partial charge in [-0.05, 0) is 31.8 Å². The molecule has 60 valence electrons. The third-order valence-electron chi connectivity index (χ3n) is 1.16. The predicted molar refractivity (Wildman–Crippen MR) is 44.4 cm³/mol. The van der Waals surface area contributed by atoms with Crippen molar-refractivity contribution < 1.29 is 0 Å². The average molecular weight is 172 g/mol. The van der Waals surface area contributed by atoms with Crippen LogP contribution in [0.25, 0.3) is 0 Å². The molecule has 4 heteroatoms. The highest BCUT2D eigenvalue weighted by Gasteiger charge is 1.96. The molecule has 0 aliphatic rings. The zero-order chi connectivity index (χ0) is 8.27. The van der Waals surface area contributed by atoms with Gasteiger partial charge in [0.25, 0.3) is 0 Å². The van der Waals surface area contributed by atoms with Crippen LogP contribution in [0.1, 0.15) is 5.69 Å². The first-order valence-electron chi connectivity index (χ1n) is 3.30. The summed E-state index contributed by atoms with van der Waals surface area (Å²) < 4.78 is 0. The van der Waals surface area contributed by atoms with Gasteiger partial charge in [-0.1, -0.05) is 0 Å². The van der Waals surface area contributed by atoms with Crippen molar-refractivity contribution in [2.24, 2.45) is 0 Å². The van der Waals surface area contributed by atoms with E-state index in [0.29, 0.717) is 5.28 Å². The molecule has 0 unspecified atom stereocenters. The van der Waals surface area contributed by atoms with Crippen LogP contribution < -0.4 is 0 Å². The molecule has 1 aromatic rings. The predicted octanol–water partition coefficient (Wildman–Crippen LogP) is 1.19. The first-order chi connectivity index (χ1) is 5.18. The van der Waals surface area contributed by atoms with Gasteiger partial charge in [0.05, 0.1) is 5.69 Å². The van der Waals surface area contributed by atoms with E-state index in [1.54, 1.807) is 6.20 Å². The van der Waals surface area contributed by atoms with Crippen LogP contribution in [0.2, 0.25) is 5.28 Å². The van der Waals surface area contributed by atoms with E-state index in [1.165, 1.54) is 0 Å². The molecule has 0 bridgehead atoms. The smallest absolute Gasteiger partial charge is 0.222 e. The van der Waals surface area contributed by atoms with Gasteiger partial charge in [0.2, 0.25) is 5.28 Å². The molecule has 3 nitrogen and oxygen atoms in total. The van der Waals surface area contributed by atoms with Crippen molar-refractivity contribution >= 4 is 11.6 Å². The number of hydrogen-bond acceptors (Lipinski definition) is 3. The first-order valence-corrected chi connectivity index (χ1v) is 3.68. The van der Waals surface area contributed by atoms with Crippen LogP contribution in [0.5, 0.6) is 0 Å². The Morgan fingerprint density at radius 2 is 2.27 bits per heavy atom. The topological polar surface area (TPSA) is 29.0 Å². The van der Waals surface area contributed by atoms with Gasteiger partial charge in [0.1, 0.15) is 0 Å². The average Bonchev–Trinajstić information content (AvgIpc) is 1.85. The lowest BCUT2D eigenvalue weighted by Gasteiger charge is -2.07. The Kier molecular flexibility index (Phi) is 2.79. The molecule has 0 aliphatic heterocycles. The fourth-order valence-electron chi connectivity index (χ4n) is 0.782. The summed E-state index contributed by atoms with van der Waals surface area (Å²) in [5.74, 6) is 0. The summed E-state index contributed by atoms with van der Waals surface area (Å²) >= 11 is 5.59. The summed E-state index contributed by atoms with van der Waals surface area (Å²) in [5, 5.41) is 0.310. The van der Waals surface area contributed by atoms with Crippen LogP contribution in [0.15, 0.2) is 12.3 Å². The van der Waals surface area contributed by atoms with Crippen molar-refractivity contribution in [1.82, 2.24) is 14.9 Å². The Morgan fingerprint density at radius 3 is 2.82 bits per heavy atom. The second kappa shape index (κ2) is 3.64. The minimum Gasteiger partial charge on any atom is -0.304 e. The molecule has 0 saturated carbocycles. The third kappa shape index (κ3) is 2.82. The van der Waals surface area contributed by atoms with Crippen LogP contribution in [-0.2, 0) is 6.54 Å². The third-order valence-corrected chi connectivity index (χ3v) is 1.34. The molecule has 1 heterocycles. The largest absolute Gasteiger partial charge is 0.304 e. The van der Waals surface area contributed by atoms with E-state index in [0.717, 1.165) is 12.2 Å². The van der Waals surface area contributed by atoms with E-state index in [4.69, 9.17) is 11.6 Å². The van der Waals surface area contributed by atoms with E-state index >= 15 is 0 Å². The molecule has 0 N–H and O–H groups in total. The summed E-state index contributed by atoms with van der Waals surface area (Å²) in [4.78, 5) is 9.84. The van der Waals surface area contributed by atoms with Crippen molar-refractivity contribution in [1.29, 1.82) is 0 Å². The Bertz CT molecular complexity index is 237. The molecule has 0 atom stereocenters. The summed E-state index contributed by atoms with van der Waals surface area (Å²) in [7, 11) is 3.96.